The first-order valence-corrected chi connectivity index (χ1v) is 10.9. The van der Waals surface area contributed by atoms with E-state index in [1.807, 2.05) is 54.6 Å². The number of para-hydroxylation sites is 1. The minimum Gasteiger partial charge on any atom is -0.489 e. The van der Waals surface area contributed by atoms with Crippen LogP contribution in [0.1, 0.15) is 11.1 Å². The smallest absolute Gasteiger partial charge is 0.243 e. The number of amides is 1. The summed E-state index contributed by atoms with van der Waals surface area (Å²) in [4.78, 5) is 12.5. The van der Waals surface area contributed by atoms with Crippen molar-refractivity contribution in [2.24, 2.45) is 0 Å². The zero-order valence-electron chi connectivity index (χ0n) is 16.7. The first kappa shape index (κ1) is 21.5. The highest BCUT2D eigenvalue weighted by Crippen LogP contribution is 2.15. The van der Waals surface area contributed by atoms with Crippen LogP contribution in [0.2, 0.25) is 0 Å². The van der Waals surface area contributed by atoms with E-state index in [0.29, 0.717) is 6.61 Å². The lowest BCUT2D eigenvalue weighted by Gasteiger charge is -2.17. The van der Waals surface area contributed by atoms with Gasteiger partial charge < -0.3 is 10.1 Å². The van der Waals surface area contributed by atoms with Crippen molar-refractivity contribution in [3.8, 4) is 5.75 Å². The quantitative estimate of drug-likeness (QED) is 0.572. The molecule has 0 aliphatic carbocycles. The summed E-state index contributed by atoms with van der Waals surface area (Å²) in [6, 6.07) is 25.2. The second-order valence-electron chi connectivity index (χ2n) is 6.72. The molecule has 1 amide bonds. The third-order valence-corrected chi connectivity index (χ3v) is 6.37. The van der Waals surface area contributed by atoms with Crippen molar-refractivity contribution in [3.63, 3.8) is 0 Å². The highest BCUT2D eigenvalue weighted by Gasteiger charge is 2.22. The molecule has 0 heterocycles. The number of ether oxygens (including phenoxy) is 1. The zero-order chi connectivity index (χ0) is 21.4. The van der Waals surface area contributed by atoms with E-state index < -0.39 is 10.0 Å². The molecule has 0 spiro atoms. The van der Waals surface area contributed by atoms with E-state index >= 15 is 0 Å². The molecule has 3 aromatic carbocycles. The highest BCUT2D eigenvalue weighted by atomic mass is 32.2. The van der Waals surface area contributed by atoms with Gasteiger partial charge in [0.2, 0.25) is 15.9 Å². The monoisotopic (exact) mass is 424 g/mol. The number of carbonyl (C=O) groups is 1. The van der Waals surface area contributed by atoms with Crippen LogP contribution >= 0.6 is 0 Å². The van der Waals surface area contributed by atoms with Crippen molar-refractivity contribution < 1.29 is 17.9 Å². The Bertz CT molecular complexity index is 1070. The van der Waals surface area contributed by atoms with Gasteiger partial charge in [-0.25, -0.2) is 8.42 Å². The van der Waals surface area contributed by atoms with E-state index in [4.69, 9.17) is 4.74 Å². The summed E-state index contributed by atoms with van der Waals surface area (Å²) in [5, 5.41) is 2.79. The van der Waals surface area contributed by atoms with Gasteiger partial charge in [0.05, 0.1) is 11.4 Å². The van der Waals surface area contributed by atoms with E-state index in [9.17, 15) is 13.2 Å². The Kier molecular flexibility index (Phi) is 7.21. The number of rotatable bonds is 9. The van der Waals surface area contributed by atoms with E-state index in [-0.39, 0.29) is 23.9 Å². The molecular formula is C23H24N2O4S. The van der Waals surface area contributed by atoms with Gasteiger partial charge >= 0.3 is 0 Å². The van der Waals surface area contributed by atoms with Crippen LogP contribution in [-0.4, -0.2) is 32.2 Å². The fourth-order valence-electron chi connectivity index (χ4n) is 2.86. The Balaban J connectivity index is 1.57. The van der Waals surface area contributed by atoms with Crippen molar-refractivity contribution in [1.29, 1.82) is 0 Å². The minimum absolute atomic E-state index is 0.156. The van der Waals surface area contributed by atoms with Crippen LogP contribution in [0.4, 0.5) is 0 Å². The average molecular weight is 425 g/mol. The molecule has 6 nitrogen and oxygen atoms in total. The van der Waals surface area contributed by atoms with Crippen LogP contribution in [0.5, 0.6) is 5.75 Å². The number of carbonyl (C=O) groups excluding carboxylic acids is 1. The Labute approximate surface area is 177 Å². The number of hydrogen-bond donors (Lipinski definition) is 1. The molecule has 30 heavy (non-hydrogen) atoms. The third kappa shape index (κ3) is 5.68. The molecule has 0 saturated heterocycles. The van der Waals surface area contributed by atoms with Gasteiger partial charge in [-0.3, -0.25) is 4.79 Å². The van der Waals surface area contributed by atoms with Gasteiger partial charge in [0.1, 0.15) is 12.4 Å². The first-order valence-electron chi connectivity index (χ1n) is 9.49. The number of hydrogen-bond acceptors (Lipinski definition) is 4. The molecule has 0 radical (unpaired) electrons. The summed E-state index contributed by atoms with van der Waals surface area (Å²) in [6.45, 7) is 0.393. The van der Waals surface area contributed by atoms with Gasteiger partial charge in [-0.2, -0.15) is 4.31 Å². The SMILES string of the molecule is CN(CC(=O)NCc1ccccc1COc1ccccc1)S(=O)(=O)c1ccccc1. The Morgan fingerprint density at radius 2 is 1.43 bits per heavy atom. The van der Waals surface area contributed by atoms with Gasteiger partial charge in [0.25, 0.3) is 0 Å². The van der Waals surface area contributed by atoms with E-state index in [0.717, 1.165) is 21.2 Å². The van der Waals surface area contributed by atoms with E-state index in [1.54, 1.807) is 18.2 Å². The molecule has 0 bridgehead atoms. The van der Waals surface area contributed by atoms with Gasteiger partial charge in [-0.15, -0.1) is 0 Å². The molecule has 3 rings (SSSR count). The molecular weight excluding hydrogens is 400 g/mol. The molecule has 0 aromatic heterocycles. The number of sulfonamides is 1. The second-order valence-corrected chi connectivity index (χ2v) is 8.77. The second kappa shape index (κ2) is 10.0. The van der Waals surface area contributed by atoms with Crippen LogP contribution < -0.4 is 10.1 Å². The van der Waals surface area contributed by atoms with Crippen LogP contribution in [0.25, 0.3) is 0 Å². The minimum atomic E-state index is -3.71. The predicted octanol–water partition coefficient (Wildman–Crippen LogP) is 3.20. The number of likely N-dealkylation sites (N-methyl/N-ethyl adjacent to an activating group) is 1. The van der Waals surface area contributed by atoms with Crippen LogP contribution in [0.3, 0.4) is 0 Å². The van der Waals surface area contributed by atoms with Crippen molar-refractivity contribution in [3.05, 3.63) is 96.1 Å². The maximum atomic E-state index is 12.5. The zero-order valence-corrected chi connectivity index (χ0v) is 17.5. The fourth-order valence-corrected chi connectivity index (χ4v) is 4.01. The highest BCUT2D eigenvalue weighted by molar-refractivity contribution is 7.89. The van der Waals surface area contributed by atoms with Crippen molar-refractivity contribution in [2.45, 2.75) is 18.0 Å². The molecule has 0 aliphatic heterocycles. The van der Waals surface area contributed by atoms with Crippen molar-refractivity contribution >= 4 is 15.9 Å². The summed E-state index contributed by atoms with van der Waals surface area (Å²) in [5.74, 6) is 0.389. The molecule has 0 fully saturated rings. The summed E-state index contributed by atoms with van der Waals surface area (Å²) < 4.78 is 31.9. The molecule has 0 atom stereocenters. The van der Waals surface area contributed by atoms with E-state index in [1.165, 1.54) is 19.2 Å². The molecule has 0 aliphatic rings. The van der Waals surface area contributed by atoms with Gasteiger partial charge in [0, 0.05) is 13.6 Å². The number of benzene rings is 3. The summed E-state index contributed by atoms with van der Waals surface area (Å²) in [6.07, 6.45) is 0. The first-order chi connectivity index (χ1) is 14.5. The van der Waals surface area contributed by atoms with Crippen molar-refractivity contribution in [2.75, 3.05) is 13.6 Å². The maximum Gasteiger partial charge on any atom is 0.243 e. The van der Waals surface area contributed by atoms with Gasteiger partial charge in [-0.1, -0.05) is 60.7 Å². The topological polar surface area (TPSA) is 75.7 Å². The predicted molar refractivity (Wildman–Crippen MR) is 115 cm³/mol. The molecule has 7 heteroatoms. The van der Waals surface area contributed by atoms with Gasteiger partial charge in [-0.05, 0) is 35.4 Å². The maximum absolute atomic E-state index is 12.5. The standard InChI is InChI=1S/C23H24N2O4S/c1-25(30(27,28)22-14-6-3-7-15-22)17-23(26)24-16-19-10-8-9-11-20(19)18-29-21-12-4-2-5-13-21/h2-15H,16-18H2,1H3,(H,24,26). The summed E-state index contributed by atoms with van der Waals surface area (Å²) >= 11 is 0. The average Bonchev–Trinajstić information content (AvgIpc) is 2.78. The van der Waals surface area contributed by atoms with Gasteiger partial charge in [0.15, 0.2) is 0 Å². The Morgan fingerprint density at radius 1 is 0.867 bits per heavy atom. The molecule has 0 unspecified atom stereocenters. The van der Waals surface area contributed by atoms with Crippen LogP contribution in [-0.2, 0) is 28.0 Å². The van der Waals surface area contributed by atoms with Crippen molar-refractivity contribution in [1.82, 2.24) is 9.62 Å². The molecule has 1 N–H and O–H groups in total. The lowest BCUT2D eigenvalue weighted by molar-refractivity contribution is -0.121. The number of nitrogens with one attached hydrogen (secondary N) is 1. The lowest BCUT2D eigenvalue weighted by Crippen LogP contribution is -2.38. The molecule has 0 saturated carbocycles. The van der Waals surface area contributed by atoms with E-state index in [2.05, 4.69) is 5.32 Å². The summed E-state index contributed by atoms with van der Waals surface area (Å²) in [7, 11) is -2.32. The summed E-state index contributed by atoms with van der Waals surface area (Å²) in [5.41, 5.74) is 1.86. The van der Waals surface area contributed by atoms with Crippen LogP contribution in [0, 0.1) is 0 Å². The third-order valence-electron chi connectivity index (χ3n) is 4.55. The largest absolute Gasteiger partial charge is 0.489 e. The van der Waals surface area contributed by atoms with Crippen LogP contribution in [0.15, 0.2) is 89.8 Å². The Morgan fingerprint density at radius 3 is 2.10 bits per heavy atom. The lowest BCUT2D eigenvalue weighted by atomic mass is 10.1. The molecule has 3 aromatic rings. The Hall–Kier alpha value is -3.16. The number of nitrogens with zero attached hydrogens (tertiary/aromatic N) is 1. The fraction of sp³-hybridized carbons (Fsp3) is 0.174. The normalized spacial score (nSPS) is 11.3. The molecule has 156 valence electrons.